The van der Waals surface area contributed by atoms with E-state index in [1.54, 1.807) is 6.07 Å². The van der Waals surface area contributed by atoms with Crippen LogP contribution < -0.4 is 5.32 Å². The van der Waals surface area contributed by atoms with Crippen LogP contribution in [0.4, 0.5) is 17.6 Å². The van der Waals surface area contributed by atoms with E-state index < -0.39 is 46.9 Å². The van der Waals surface area contributed by atoms with Gasteiger partial charge in [-0.25, -0.2) is 35.9 Å². The number of sulfonamides is 1. The van der Waals surface area contributed by atoms with Crippen LogP contribution in [0.25, 0.3) is 11.3 Å². The molecule has 12 heteroatoms. The highest BCUT2D eigenvalue weighted by Crippen LogP contribution is 2.28. The standard InChI is InChI=1S/C23H20F4N4O3S/c24-16-5-7-19(8-6-16)35(33,34)31-12-17(25)9-21(31)23(32)28-11-18-10-20(30-13-29-18)14-1-3-15(4-2-14)22(26)27/h1-8,10,13,17,21-22H,9,11-12H2,(H,28,32)/t17-,21+/m1/s1. The van der Waals surface area contributed by atoms with Gasteiger partial charge in [0.2, 0.25) is 15.9 Å². The Hall–Kier alpha value is -3.38. The quantitative estimate of drug-likeness (QED) is 0.492. The molecular formula is C23H20F4N4O3S. The fourth-order valence-electron chi connectivity index (χ4n) is 3.75. The summed E-state index contributed by atoms with van der Waals surface area (Å²) >= 11 is 0. The minimum atomic E-state index is -4.23. The number of benzene rings is 2. The molecule has 7 nitrogen and oxygen atoms in total. The third-order valence-corrected chi connectivity index (χ3v) is 7.44. The molecule has 0 saturated carbocycles. The maximum Gasteiger partial charge on any atom is 0.263 e. The number of nitrogens with zero attached hydrogens (tertiary/aromatic N) is 3. The largest absolute Gasteiger partial charge is 0.349 e. The molecule has 3 aromatic rings. The fourth-order valence-corrected chi connectivity index (χ4v) is 5.37. The summed E-state index contributed by atoms with van der Waals surface area (Å²) in [5.74, 6) is -1.34. The van der Waals surface area contributed by atoms with E-state index in [9.17, 15) is 30.8 Å². The van der Waals surface area contributed by atoms with E-state index >= 15 is 0 Å². The van der Waals surface area contributed by atoms with Crippen LogP contribution in [-0.2, 0) is 21.4 Å². The van der Waals surface area contributed by atoms with Gasteiger partial charge in [0.05, 0.1) is 22.8 Å². The van der Waals surface area contributed by atoms with Crippen LogP contribution in [0.2, 0.25) is 0 Å². The van der Waals surface area contributed by atoms with Crippen molar-refractivity contribution in [2.75, 3.05) is 6.54 Å². The van der Waals surface area contributed by atoms with E-state index in [1.165, 1.54) is 30.6 Å². The number of alkyl halides is 3. The van der Waals surface area contributed by atoms with Crippen LogP contribution in [0.15, 0.2) is 65.8 Å². The van der Waals surface area contributed by atoms with Crippen LogP contribution in [0.1, 0.15) is 24.1 Å². The lowest BCUT2D eigenvalue weighted by atomic mass is 10.1. The molecule has 35 heavy (non-hydrogen) atoms. The third-order valence-electron chi connectivity index (χ3n) is 5.55. The van der Waals surface area contributed by atoms with Gasteiger partial charge < -0.3 is 5.32 Å². The highest BCUT2D eigenvalue weighted by molar-refractivity contribution is 7.89. The Balaban J connectivity index is 1.46. The first-order chi connectivity index (χ1) is 16.6. The Bertz CT molecular complexity index is 1310. The average molecular weight is 508 g/mol. The van der Waals surface area contributed by atoms with Crippen molar-refractivity contribution in [3.8, 4) is 11.3 Å². The topological polar surface area (TPSA) is 92.3 Å². The summed E-state index contributed by atoms with van der Waals surface area (Å²) in [6, 6.07) is 9.87. The van der Waals surface area contributed by atoms with E-state index in [0.29, 0.717) is 17.0 Å². The number of rotatable bonds is 7. The van der Waals surface area contributed by atoms with Crippen molar-refractivity contribution in [3.63, 3.8) is 0 Å². The lowest BCUT2D eigenvalue weighted by Crippen LogP contribution is -2.45. The predicted octanol–water partition coefficient (Wildman–Crippen LogP) is 3.64. The first-order valence-corrected chi connectivity index (χ1v) is 12.0. The molecule has 1 saturated heterocycles. The smallest absolute Gasteiger partial charge is 0.263 e. The molecule has 1 aromatic heterocycles. The highest BCUT2D eigenvalue weighted by Gasteiger charge is 2.44. The lowest BCUT2D eigenvalue weighted by Gasteiger charge is -2.23. The molecule has 1 aliphatic rings. The van der Waals surface area contributed by atoms with E-state index in [0.717, 1.165) is 28.6 Å². The molecule has 1 fully saturated rings. The molecule has 0 bridgehead atoms. The molecule has 0 spiro atoms. The van der Waals surface area contributed by atoms with E-state index in [1.807, 2.05) is 0 Å². The molecule has 2 atom stereocenters. The third kappa shape index (κ3) is 5.49. The van der Waals surface area contributed by atoms with Crippen LogP contribution in [0, 0.1) is 5.82 Å². The SMILES string of the molecule is O=C(NCc1cc(-c2ccc(C(F)F)cc2)ncn1)[C@@H]1C[C@@H](F)CN1S(=O)(=O)c1ccc(F)cc1. The van der Waals surface area contributed by atoms with Crippen LogP contribution in [-0.4, -0.2) is 47.4 Å². The number of aromatic nitrogens is 2. The maximum absolute atomic E-state index is 14.2. The zero-order valence-electron chi connectivity index (χ0n) is 18.1. The fraction of sp³-hybridized carbons (Fsp3) is 0.261. The van der Waals surface area contributed by atoms with Crippen molar-refractivity contribution >= 4 is 15.9 Å². The second-order valence-corrected chi connectivity index (χ2v) is 9.80. The number of halogens is 4. The minimum absolute atomic E-state index is 0.0959. The van der Waals surface area contributed by atoms with Gasteiger partial charge in [-0.1, -0.05) is 24.3 Å². The van der Waals surface area contributed by atoms with Crippen LogP contribution in [0.5, 0.6) is 0 Å². The summed E-state index contributed by atoms with van der Waals surface area (Å²) in [5, 5.41) is 2.57. The summed E-state index contributed by atoms with van der Waals surface area (Å²) < 4.78 is 79.5. The first kappa shape index (κ1) is 24.7. The van der Waals surface area contributed by atoms with E-state index in [-0.39, 0.29) is 23.4 Å². The Morgan fingerprint density at radius 2 is 1.77 bits per heavy atom. The Labute approximate surface area is 198 Å². The number of carbonyl (C=O) groups is 1. The molecule has 1 aliphatic heterocycles. The molecular weight excluding hydrogens is 488 g/mol. The van der Waals surface area contributed by atoms with Crippen molar-refractivity contribution in [1.29, 1.82) is 0 Å². The zero-order chi connectivity index (χ0) is 25.2. The van der Waals surface area contributed by atoms with Crippen molar-refractivity contribution < 1.29 is 30.8 Å². The van der Waals surface area contributed by atoms with Gasteiger partial charge in [-0.2, -0.15) is 4.31 Å². The number of carbonyl (C=O) groups excluding carboxylic acids is 1. The number of nitrogens with one attached hydrogen (secondary N) is 1. The Kier molecular flexibility index (Phi) is 7.13. The second-order valence-electron chi connectivity index (χ2n) is 7.91. The average Bonchev–Trinajstić information content (AvgIpc) is 3.26. The molecule has 0 aliphatic carbocycles. The summed E-state index contributed by atoms with van der Waals surface area (Å²) in [6.07, 6.45) is -3.21. The van der Waals surface area contributed by atoms with Crippen molar-refractivity contribution in [3.05, 3.63) is 78.0 Å². The Morgan fingerprint density at radius 1 is 1.09 bits per heavy atom. The molecule has 0 unspecified atom stereocenters. The molecule has 1 N–H and O–H groups in total. The normalized spacial score (nSPS) is 18.7. The summed E-state index contributed by atoms with van der Waals surface area (Å²) in [4.78, 5) is 20.7. The van der Waals surface area contributed by atoms with Gasteiger partial charge in [-0.3, -0.25) is 4.79 Å². The van der Waals surface area contributed by atoms with Gasteiger partial charge in [0.1, 0.15) is 24.4 Å². The van der Waals surface area contributed by atoms with Gasteiger partial charge >= 0.3 is 0 Å². The summed E-state index contributed by atoms with van der Waals surface area (Å²) in [7, 11) is -4.23. The van der Waals surface area contributed by atoms with E-state index in [2.05, 4.69) is 15.3 Å². The molecule has 0 radical (unpaired) electrons. The van der Waals surface area contributed by atoms with Crippen LogP contribution >= 0.6 is 0 Å². The van der Waals surface area contributed by atoms with Gasteiger partial charge in [0, 0.05) is 24.1 Å². The van der Waals surface area contributed by atoms with Crippen molar-refractivity contribution in [2.45, 2.75) is 36.5 Å². The van der Waals surface area contributed by atoms with Gasteiger partial charge in [0.25, 0.3) is 6.43 Å². The number of hydrogen-bond acceptors (Lipinski definition) is 5. The monoisotopic (exact) mass is 508 g/mol. The number of hydrogen-bond donors (Lipinski definition) is 1. The van der Waals surface area contributed by atoms with Gasteiger partial charge in [0.15, 0.2) is 0 Å². The van der Waals surface area contributed by atoms with Crippen molar-refractivity contribution in [1.82, 2.24) is 19.6 Å². The molecule has 4 rings (SSSR count). The van der Waals surface area contributed by atoms with Gasteiger partial charge in [-0.15, -0.1) is 0 Å². The predicted molar refractivity (Wildman–Crippen MR) is 118 cm³/mol. The molecule has 1 amide bonds. The van der Waals surface area contributed by atoms with Gasteiger partial charge in [-0.05, 0) is 30.3 Å². The molecule has 2 aromatic carbocycles. The summed E-state index contributed by atoms with van der Waals surface area (Å²) in [6.45, 7) is -0.592. The summed E-state index contributed by atoms with van der Waals surface area (Å²) in [5.41, 5.74) is 1.26. The maximum atomic E-state index is 14.2. The number of amides is 1. The van der Waals surface area contributed by atoms with E-state index in [4.69, 9.17) is 0 Å². The Morgan fingerprint density at radius 3 is 2.43 bits per heavy atom. The zero-order valence-corrected chi connectivity index (χ0v) is 18.9. The first-order valence-electron chi connectivity index (χ1n) is 10.5. The minimum Gasteiger partial charge on any atom is -0.349 e. The lowest BCUT2D eigenvalue weighted by molar-refractivity contribution is -0.124. The van der Waals surface area contributed by atoms with Crippen LogP contribution in [0.3, 0.4) is 0 Å². The second kappa shape index (κ2) is 10.1. The molecule has 184 valence electrons. The highest BCUT2D eigenvalue weighted by atomic mass is 32.2. The molecule has 2 heterocycles. The van der Waals surface area contributed by atoms with Crippen molar-refractivity contribution in [2.24, 2.45) is 0 Å².